The van der Waals surface area contributed by atoms with Crippen LogP contribution in [0.4, 0.5) is 0 Å². The number of Topliss-reactive ketones (excluding diaryl/α,β-unsaturated/α-hetero) is 1. The molecule has 0 fully saturated rings. The molecule has 6 nitrogen and oxygen atoms in total. The molecular weight excluding hydrogens is 272 g/mol. The van der Waals surface area contributed by atoms with E-state index in [-0.39, 0.29) is 12.2 Å². The van der Waals surface area contributed by atoms with E-state index in [1.165, 1.54) is 6.20 Å². The van der Waals surface area contributed by atoms with Crippen LogP contribution in [-0.4, -0.2) is 56.2 Å². The van der Waals surface area contributed by atoms with Crippen molar-refractivity contribution >= 4 is 17.4 Å². The second-order valence-corrected chi connectivity index (χ2v) is 4.24. The average molecular weight is 291 g/mol. The maximum Gasteiger partial charge on any atom is 0.184 e. The summed E-state index contributed by atoms with van der Waals surface area (Å²) in [6.07, 6.45) is 1.73. The van der Waals surface area contributed by atoms with Crippen LogP contribution in [-0.2, 0) is 20.8 Å². The van der Waals surface area contributed by atoms with Gasteiger partial charge in [-0.15, -0.1) is 0 Å². The third kappa shape index (κ3) is 5.28. The zero-order valence-electron chi connectivity index (χ0n) is 11.2. The molecule has 0 aliphatic rings. The van der Waals surface area contributed by atoms with Gasteiger partial charge in [0.05, 0.1) is 44.2 Å². The fourth-order valence-corrected chi connectivity index (χ4v) is 1.76. The van der Waals surface area contributed by atoms with Gasteiger partial charge in [0.1, 0.15) is 5.69 Å². The maximum absolute atomic E-state index is 12.0. The molecule has 0 saturated carbocycles. The predicted octanol–water partition coefficient (Wildman–Crippen LogP) is 1.42. The largest absolute Gasteiger partial charge is 0.383 e. The molecule has 1 aromatic rings. The zero-order chi connectivity index (χ0) is 14.1. The van der Waals surface area contributed by atoms with Gasteiger partial charge < -0.3 is 14.2 Å². The van der Waals surface area contributed by atoms with Crippen LogP contribution in [0.5, 0.6) is 0 Å². The molecule has 0 amide bonds. The lowest BCUT2D eigenvalue weighted by Gasteiger charge is -2.07. The Kier molecular flexibility index (Phi) is 7.66. The van der Waals surface area contributed by atoms with Gasteiger partial charge in [-0.25, -0.2) is 0 Å². The molecule has 0 bridgehead atoms. The summed E-state index contributed by atoms with van der Waals surface area (Å²) in [5, 5.41) is 4.41. The van der Waals surface area contributed by atoms with Crippen LogP contribution in [0.1, 0.15) is 16.9 Å². The first kappa shape index (κ1) is 16.1. The molecule has 0 aromatic carbocycles. The Morgan fingerprint density at radius 2 is 2.00 bits per heavy atom. The van der Waals surface area contributed by atoms with Crippen LogP contribution in [0.3, 0.4) is 0 Å². The van der Waals surface area contributed by atoms with Crippen molar-refractivity contribution in [2.45, 2.75) is 13.0 Å². The molecule has 0 atom stereocenters. The van der Waals surface area contributed by atoms with Crippen molar-refractivity contribution in [1.29, 1.82) is 0 Å². The molecule has 0 unspecified atom stereocenters. The summed E-state index contributed by atoms with van der Waals surface area (Å²) >= 11 is 5.98. The number of carbonyl (C=O) groups excluding carboxylic acids is 1. The summed E-state index contributed by atoms with van der Waals surface area (Å²) in [7, 11) is 3.19. The summed E-state index contributed by atoms with van der Waals surface area (Å²) < 4.78 is 16.6. The van der Waals surface area contributed by atoms with Crippen molar-refractivity contribution < 1.29 is 19.0 Å². The summed E-state index contributed by atoms with van der Waals surface area (Å²) in [6.45, 7) is 2.30. The molecule has 0 saturated heterocycles. The molecule has 0 aliphatic heterocycles. The molecule has 1 heterocycles. The van der Waals surface area contributed by atoms with E-state index >= 15 is 0 Å². The highest BCUT2D eigenvalue weighted by Crippen LogP contribution is 2.17. The highest BCUT2D eigenvalue weighted by Gasteiger charge is 2.17. The summed E-state index contributed by atoms with van der Waals surface area (Å²) in [5.41, 5.74) is 0.411. The summed E-state index contributed by atoms with van der Waals surface area (Å²) in [4.78, 5) is 12.0. The first-order valence-electron chi connectivity index (χ1n) is 6.00. The van der Waals surface area contributed by atoms with Gasteiger partial charge >= 0.3 is 0 Å². The number of hydrogen-bond acceptors (Lipinski definition) is 5. The highest BCUT2D eigenvalue weighted by atomic mass is 35.5. The van der Waals surface area contributed by atoms with E-state index in [4.69, 9.17) is 25.8 Å². The number of carbonyl (C=O) groups is 1. The molecule has 0 N–H and O–H groups in total. The molecule has 19 heavy (non-hydrogen) atoms. The molecule has 108 valence electrons. The topological polar surface area (TPSA) is 62.6 Å². The SMILES string of the molecule is COCCOCCC(=O)c1c(Cl)cnn1CCOC. The van der Waals surface area contributed by atoms with Crippen LogP contribution in [0.25, 0.3) is 0 Å². The molecule has 1 aromatic heterocycles. The minimum absolute atomic E-state index is 0.0870. The lowest BCUT2D eigenvalue weighted by Crippen LogP contribution is -2.15. The lowest BCUT2D eigenvalue weighted by molar-refractivity contribution is 0.0637. The first-order chi connectivity index (χ1) is 9.20. The predicted molar refractivity (Wildman–Crippen MR) is 70.8 cm³/mol. The Hall–Kier alpha value is -0.950. The third-order valence-corrected chi connectivity index (χ3v) is 2.75. The number of rotatable bonds is 10. The summed E-state index contributed by atoms with van der Waals surface area (Å²) in [6, 6.07) is 0. The molecule has 1 rings (SSSR count). The zero-order valence-corrected chi connectivity index (χ0v) is 12.0. The monoisotopic (exact) mass is 290 g/mol. The van der Waals surface area contributed by atoms with E-state index in [2.05, 4.69) is 5.10 Å². The van der Waals surface area contributed by atoms with E-state index in [1.54, 1.807) is 18.9 Å². The van der Waals surface area contributed by atoms with Gasteiger partial charge in [0.15, 0.2) is 5.78 Å². The normalized spacial score (nSPS) is 10.9. The second-order valence-electron chi connectivity index (χ2n) is 3.84. The number of hydrogen-bond donors (Lipinski definition) is 0. The van der Waals surface area contributed by atoms with Crippen LogP contribution < -0.4 is 0 Å². The Morgan fingerprint density at radius 3 is 2.68 bits per heavy atom. The van der Waals surface area contributed by atoms with Gasteiger partial charge in [-0.1, -0.05) is 11.6 Å². The third-order valence-electron chi connectivity index (χ3n) is 2.47. The average Bonchev–Trinajstić information content (AvgIpc) is 2.77. The molecular formula is C12H19ClN2O4. The number of aromatic nitrogens is 2. The minimum Gasteiger partial charge on any atom is -0.383 e. The fourth-order valence-electron chi connectivity index (χ4n) is 1.51. The van der Waals surface area contributed by atoms with Crippen LogP contribution in [0, 0.1) is 0 Å². The van der Waals surface area contributed by atoms with Crippen molar-refractivity contribution in [1.82, 2.24) is 9.78 Å². The van der Waals surface area contributed by atoms with Crippen LogP contribution >= 0.6 is 11.6 Å². The van der Waals surface area contributed by atoms with E-state index in [1.807, 2.05) is 0 Å². The van der Waals surface area contributed by atoms with E-state index in [0.29, 0.717) is 43.7 Å². The molecule has 0 aliphatic carbocycles. The Balaban J connectivity index is 2.48. The van der Waals surface area contributed by atoms with Crippen molar-refractivity contribution in [2.24, 2.45) is 0 Å². The number of ketones is 1. The number of nitrogens with zero attached hydrogens (tertiary/aromatic N) is 2. The van der Waals surface area contributed by atoms with Crippen LogP contribution in [0.2, 0.25) is 5.02 Å². The quantitative estimate of drug-likeness (QED) is 0.482. The van der Waals surface area contributed by atoms with Gasteiger partial charge in [-0.05, 0) is 0 Å². The highest BCUT2D eigenvalue weighted by molar-refractivity contribution is 6.33. The minimum atomic E-state index is -0.0870. The molecule has 7 heteroatoms. The number of ether oxygens (including phenoxy) is 3. The Bertz CT molecular complexity index is 395. The standard InChI is InChI=1S/C12H19ClN2O4/c1-17-6-4-15-12(10(13)9-14-15)11(16)3-5-19-8-7-18-2/h9H,3-8H2,1-2H3. The molecule has 0 spiro atoms. The number of halogens is 1. The lowest BCUT2D eigenvalue weighted by atomic mass is 10.2. The van der Waals surface area contributed by atoms with Crippen LogP contribution in [0.15, 0.2) is 6.20 Å². The second kappa shape index (κ2) is 9.03. The number of methoxy groups -OCH3 is 2. The summed E-state index contributed by atoms with van der Waals surface area (Å²) in [5.74, 6) is -0.0870. The Morgan fingerprint density at radius 1 is 1.26 bits per heavy atom. The van der Waals surface area contributed by atoms with Gasteiger partial charge in [0.2, 0.25) is 0 Å². The Labute approximate surface area is 117 Å². The van der Waals surface area contributed by atoms with Gasteiger partial charge in [0.25, 0.3) is 0 Å². The first-order valence-corrected chi connectivity index (χ1v) is 6.38. The van der Waals surface area contributed by atoms with Gasteiger partial charge in [-0.2, -0.15) is 5.10 Å². The van der Waals surface area contributed by atoms with Crippen molar-refractivity contribution in [3.63, 3.8) is 0 Å². The molecule has 0 radical (unpaired) electrons. The van der Waals surface area contributed by atoms with Crippen molar-refractivity contribution in [3.8, 4) is 0 Å². The fraction of sp³-hybridized carbons (Fsp3) is 0.667. The maximum atomic E-state index is 12.0. The van der Waals surface area contributed by atoms with E-state index in [0.717, 1.165) is 0 Å². The van der Waals surface area contributed by atoms with Crippen molar-refractivity contribution in [2.75, 3.05) is 40.6 Å². The van der Waals surface area contributed by atoms with Crippen molar-refractivity contribution in [3.05, 3.63) is 16.9 Å². The van der Waals surface area contributed by atoms with Gasteiger partial charge in [0, 0.05) is 20.6 Å². The smallest absolute Gasteiger partial charge is 0.184 e. The van der Waals surface area contributed by atoms with E-state index in [9.17, 15) is 4.79 Å². The van der Waals surface area contributed by atoms with Gasteiger partial charge in [-0.3, -0.25) is 9.48 Å². The van der Waals surface area contributed by atoms with E-state index < -0.39 is 0 Å².